The largest absolute Gasteiger partial charge is 0.483 e. The Hall–Kier alpha value is -2.41. The number of amides is 1. The van der Waals surface area contributed by atoms with E-state index in [0.29, 0.717) is 18.1 Å². The summed E-state index contributed by atoms with van der Waals surface area (Å²) in [5.74, 6) is -0.745. The van der Waals surface area contributed by atoms with Crippen LogP contribution in [0.4, 0.5) is 0 Å². The van der Waals surface area contributed by atoms with Gasteiger partial charge < -0.3 is 9.47 Å². The van der Waals surface area contributed by atoms with Gasteiger partial charge >= 0.3 is 5.97 Å². The first kappa shape index (κ1) is 19.9. The maximum atomic E-state index is 11.9. The molecular weight excluding hydrogens is 400 g/mol. The van der Waals surface area contributed by atoms with Crippen molar-refractivity contribution in [1.82, 2.24) is 5.43 Å². The van der Waals surface area contributed by atoms with Crippen LogP contribution in [0.2, 0.25) is 0 Å². The Balaban J connectivity index is 1.94. The van der Waals surface area contributed by atoms with Gasteiger partial charge in [-0.1, -0.05) is 30.3 Å². The third-order valence-electron chi connectivity index (χ3n) is 3.81. The first-order valence-corrected chi connectivity index (χ1v) is 9.03. The molecule has 138 valence electrons. The number of esters is 1. The monoisotopic (exact) mass is 420 g/mol. The fourth-order valence-electron chi connectivity index (χ4n) is 2.19. The van der Waals surface area contributed by atoms with Crippen LogP contribution in [-0.4, -0.2) is 30.8 Å². The Labute approximate surface area is 160 Å². The fourth-order valence-corrected chi connectivity index (χ4v) is 2.79. The molecule has 1 N–H and O–H groups in total. The van der Waals surface area contributed by atoms with Gasteiger partial charge in [-0.05, 0) is 53.5 Å². The molecule has 0 radical (unpaired) electrons. The van der Waals surface area contributed by atoms with E-state index in [0.717, 1.165) is 15.2 Å². The first-order valence-electron chi connectivity index (χ1n) is 8.23. The highest BCUT2D eigenvalue weighted by Gasteiger charge is 2.17. The lowest BCUT2D eigenvalue weighted by atomic mass is 10.1. The summed E-state index contributed by atoms with van der Waals surface area (Å²) in [6.07, 6.45) is 0. The highest BCUT2D eigenvalue weighted by Crippen LogP contribution is 2.32. The van der Waals surface area contributed by atoms with Gasteiger partial charge in [-0.3, -0.25) is 9.59 Å². The highest BCUT2D eigenvalue weighted by atomic mass is 79.9. The Morgan fingerprint density at radius 3 is 2.69 bits per heavy atom. The van der Waals surface area contributed by atoms with Crippen LogP contribution in [-0.2, 0) is 14.3 Å². The van der Waals surface area contributed by atoms with E-state index < -0.39 is 11.8 Å². The van der Waals surface area contributed by atoms with E-state index in [9.17, 15) is 9.59 Å². The quantitative estimate of drug-likeness (QED) is 0.421. The van der Waals surface area contributed by atoms with Gasteiger partial charge in [0.1, 0.15) is 5.75 Å². The number of hydrazone groups is 1. The molecule has 2 aromatic rings. The van der Waals surface area contributed by atoms with Crippen LogP contribution in [0.5, 0.6) is 5.75 Å². The SMILES string of the molecule is CCOC(=O)C(C)/C(C)=N/NC(=O)COc1ccc2ccccc2c1Br. The molecule has 0 spiro atoms. The molecule has 26 heavy (non-hydrogen) atoms. The minimum Gasteiger partial charge on any atom is -0.483 e. The summed E-state index contributed by atoms with van der Waals surface area (Å²) in [6, 6.07) is 11.6. The summed E-state index contributed by atoms with van der Waals surface area (Å²) >= 11 is 3.51. The number of hydrogen-bond acceptors (Lipinski definition) is 5. The smallest absolute Gasteiger partial charge is 0.314 e. The molecule has 1 unspecified atom stereocenters. The lowest BCUT2D eigenvalue weighted by Crippen LogP contribution is -2.28. The average Bonchev–Trinajstić information content (AvgIpc) is 2.65. The zero-order chi connectivity index (χ0) is 19.1. The van der Waals surface area contributed by atoms with Gasteiger partial charge in [0, 0.05) is 5.71 Å². The van der Waals surface area contributed by atoms with E-state index in [1.165, 1.54) is 0 Å². The summed E-state index contributed by atoms with van der Waals surface area (Å²) in [7, 11) is 0. The van der Waals surface area contributed by atoms with E-state index in [4.69, 9.17) is 9.47 Å². The molecule has 0 aliphatic heterocycles. The molecule has 1 amide bonds. The highest BCUT2D eigenvalue weighted by molar-refractivity contribution is 9.10. The van der Waals surface area contributed by atoms with Crippen LogP contribution in [0.25, 0.3) is 10.8 Å². The number of benzene rings is 2. The zero-order valence-electron chi connectivity index (χ0n) is 14.9. The molecule has 0 aromatic heterocycles. The van der Waals surface area contributed by atoms with Gasteiger partial charge in [0.05, 0.1) is 17.0 Å². The Bertz CT molecular complexity index is 835. The third-order valence-corrected chi connectivity index (χ3v) is 4.63. The van der Waals surface area contributed by atoms with Crippen molar-refractivity contribution in [1.29, 1.82) is 0 Å². The number of carbonyl (C=O) groups excluding carboxylic acids is 2. The summed E-state index contributed by atoms with van der Waals surface area (Å²) in [4.78, 5) is 23.6. The summed E-state index contributed by atoms with van der Waals surface area (Å²) in [5.41, 5.74) is 2.85. The van der Waals surface area contributed by atoms with Crippen molar-refractivity contribution in [2.45, 2.75) is 20.8 Å². The van der Waals surface area contributed by atoms with Crippen molar-refractivity contribution in [3.63, 3.8) is 0 Å². The number of rotatable bonds is 7. The van der Waals surface area contributed by atoms with Gasteiger partial charge in [-0.15, -0.1) is 0 Å². The summed E-state index contributed by atoms with van der Waals surface area (Å²) in [6.45, 7) is 5.17. The zero-order valence-corrected chi connectivity index (χ0v) is 16.5. The van der Waals surface area contributed by atoms with Gasteiger partial charge in [0.25, 0.3) is 5.91 Å². The number of carbonyl (C=O) groups is 2. The predicted octanol–water partition coefficient (Wildman–Crippen LogP) is 3.67. The van der Waals surface area contributed by atoms with Crippen molar-refractivity contribution in [3.8, 4) is 5.75 Å². The molecule has 0 saturated carbocycles. The number of halogens is 1. The number of hydrogen-bond donors (Lipinski definition) is 1. The van der Waals surface area contributed by atoms with E-state index in [2.05, 4.69) is 26.5 Å². The molecule has 6 nitrogen and oxygen atoms in total. The maximum absolute atomic E-state index is 11.9. The van der Waals surface area contributed by atoms with Crippen LogP contribution in [0.1, 0.15) is 20.8 Å². The molecule has 1 atom stereocenters. The fraction of sp³-hybridized carbons (Fsp3) is 0.316. The predicted molar refractivity (Wildman–Crippen MR) is 104 cm³/mol. The first-order chi connectivity index (χ1) is 12.4. The van der Waals surface area contributed by atoms with Crippen molar-refractivity contribution >= 4 is 44.3 Å². The van der Waals surface area contributed by atoms with Crippen molar-refractivity contribution in [2.24, 2.45) is 11.0 Å². The molecule has 0 bridgehead atoms. The van der Waals surface area contributed by atoms with Crippen LogP contribution in [0.3, 0.4) is 0 Å². The Morgan fingerprint density at radius 1 is 1.23 bits per heavy atom. The van der Waals surface area contributed by atoms with E-state index >= 15 is 0 Å². The third kappa shape index (κ3) is 5.05. The normalized spacial score (nSPS) is 12.5. The molecular formula is C19H21BrN2O4. The van der Waals surface area contributed by atoms with Crippen LogP contribution in [0.15, 0.2) is 46.0 Å². The van der Waals surface area contributed by atoms with Crippen LogP contribution >= 0.6 is 15.9 Å². The molecule has 2 aromatic carbocycles. The van der Waals surface area contributed by atoms with E-state index in [1.807, 2.05) is 30.3 Å². The van der Waals surface area contributed by atoms with E-state index in [1.54, 1.807) is 26.8 Å². The van der Waals surface area contributed by atoms with Gasteiger partial charge in [-0.2, -0.15) is 5.10 Å². The average molecular weight is 421 g/mol. The van der Waals surface area contributed by atoms with Crippen molar-refractivity contribution in [3.05, 3.63) is 40.9 Å². The van der Waals surface area contributed by atoms with Gasteiger partial charge in [0.15, 0.2) is 6.61 Å². The minimum absolute atomic E-state index is 0.193. The van der Waals surface area contributed by atoms with Crippen molar-refractivity contribution in [2.75, 3.05) is 13.2 Å². The lowest BCUT2D eigenvalue weighted by molar-refractivity contribution is -0.145. The summed E-state index contributed by atoms with van der Waals surface area (Å²) < 4.78 is 11.3. The number of nitrogens with one attached hydrogen (secondary N) is 1. The second kappa shape index (κ2) is 9.33. The molecule has 0 aliphatic rings. The second-order valence-corrected chi connectivity index (χ2v) is 6.44. The molecule has 0 aliphatic carbocycles. The van der Waals surface area contributed by atoms with Gasteiger partial charge in [0.2, 0.25) is 0 Å². The number of ether oxygens (including phenoxy) is 2. The standard InChI is InChI=1S/C19H21BrN2O4/c1-4-25-19(24)12(2)13(3)21-22-17(23)11-26-16-10-9-14-7-5-6-8-15(14)18(16)20/h5-10,12H,4,11H2,1-3H3,(H,22,23)/b21-13+. The minimum atomic E-state index is -0.522. The molecule has 7 heteroatoms. The molecule has 0 fully saturated rings. The molecule has 0 saturated heterocycles. The number of fused-ring (bicyclic) bond motifs is 1. The van der Waals surface area contributed by atoms with E-state index in [-0.39, 0.29) is 12.6 Å². The topological polar surface area (TPSA) is 77.0 Å². The maximum Gasteiger partial charge on any atom is 0.314 e. The second-order valence-electron chi connectivity index (χ2n) is 5.65. The molecule has 0 heterocycles. The van der Waals surface area contributed by atoms with Crippen LogP contribution < -0.4 is 10.2 Å². The van der Waals surface area contributed by atoms with Crippen LogP contribution in [0, 0.1) is 5.92 Å². The lowest BCUT2D eigenvalue weighted by Gasteiger charge is -2.11. The molecule has 2 rings (SSSR count). The number of nitrogens with zero attached hydrogens (tertiary/aromatic N) is 1. The Morgan fingerprint density at radius 2 is 1.96 bits per heavy atom. The Kier molecular flexibility index (Phi) is 7.15. The van der Waals surface area contributed by atoms with Crippen molar-refractivity contribution < 1.29 is 19.1 Å². The summed E-state index contributed by atoms with van der Waals surface area (Å²) in [5, 5.41) is 6.01. The van der Waals surface area contributed by atoms with Gasteiger partial charge in [-0.25, -0.2) is 5.43 Å².